The van der Waals surface area contributed by atoms with Crippen molar-refractivity contribution in [2.75, 3.05) is 7.11 Å². The minimum Gasteiger partial charge on any atom is -0.496 e. The minimum absolute atomic E-state index is 0.270. The molecular formula is C18H30O. The second kappa shape index (κ2) is 5.56. The first-order valence-corrected chi connectivity index (χ1v) is 7.47. The van der Waals surface area contributed by atoms with E-state index in [4.69, 9.17) is 4.74 Å². The maximum atomic E-state index is 5.47. The van der Waals surface area contributed by atoms with Gasteiger partial charge in [0.25, 0.3) is 0 Å². The number of aryl methyl sites for hydroxylation is 1. The summed E-state index contributed by atoms with van der Waals surface area (Å²) in [6.45, 7) is 15.5. The largest absolute Gasteiger partial charge is 0.496 e. The summed E-state index contributed by atoms with van der Waals surface area (Å²) < 4.78 is 5.47. The van der Waals surface area contributed by atoms with Crippen LogP contribution in [0.3, 0.4) is 0 Å². The lowest BCUT2D eigenvalue weighted by molar-refractivity contribution is 0.328. The quantitative estimate of drug-likeness (QED) is 0.660. The standard InChI is InChI=1S/C16H24O.C2H6/c1-11-9-12-13(10-14(11)17-6)16(4,5)8-7-15(12,2)3;1-2/h9-10H,7-8H2,1-6H3;1-2H3. The van der Waals surface area contributed by atoms with Gasteiger partial charge in [0.2, 0.25) is 0 Å². The molecule has 0 heterocycles. The Labute approximate surface area is 119 Å². The van der Waals surface area contributed by atoms with Crippen molar-refractivity contribution in [2.45, 2.75) is 72.1 Å². The first kappa shape index (κ1) is 16.1. The highest BCUT2D eigenvalue weighted by atomic mass is 16.5. The van der Waals surface area contributed by atoms with Crippen LogP contribution in [0.4, 0.5) is 0 Å². The number of ether oxygens (including phenoxy) is 1. The summed E-state index contributed by atoms with van der Waals surface area (Å²) >= 11 is 0. The molecule has 0 N–H and O–H groups in total. The van der Waals surface area contributed by atoms with Gasteiger partial charge >= 0.3 is 0 Å². The van der Waals surface area contributed by atoms with Crippen molar-refractivity contribution in [3.63, 3.8) is 0 Å². The molecule has 0 bridgehead atoms. The highest BCUT2D eigenvalue weighted by Crippen LogP contribution is 2.47. The van der Waals surface area contributed by atoms with Crippen molar-refractivity contribution < 1.29 is 4.74 Å². The first-order chi connectivity index (χ1) is 8.78. The Bertz CT molecular complexity index is 441. The van der Waals surface area contributed by atoms with E-state index in [-0.39, 0.29) is 5.41 Å². The van der Waals surface area contributed by atoms with Gasteiger partial charge in [0, 0.05) is 0 Å². The Hall–Kier alpha value is -0.980. The zero-order valence-electron chi connectivity index (χ0n) is 14.0. The molecule has 1 aromatic rings. The molecule has 0 fully saturated rings. The van der Waals surface area contributed by atoms with Crippen LogP contribution in [0.1, 0.15) is 71.1 Å². The number of methoxy groups -OCH3 is 1. The lowest BCUT2D eigenvalue weighted by atomic mass is 9.63. The molecule has 1 heteroatoms. The van der Waals surface area contributed by atoms with Crippen LogP contribution in [-0.2, 0) is 10.8 Å². The fourth-order valence-electron chi connectivity index (χ4n) is 2.92. The highest BCUT2D eigenvalue weighted by Gasteiger charge is 2.37. The van der Waals surface area contributed by atoms with E-state index in [0.29, 0.717) is 5.41 Å². The number of rotatable bonds is 1. The van der Waals surface area contributed by atoms with Gasteiger partial charge in [-0.15, -0.1) is 0 Å². The Kier molecular flexibility index (Phi) is 4.71. The topological polar surface area (TPSA) is 9.23 Å². The predicted molar refractivity (Wildman–Crippen MR) is 84.4 cm³/mol. The van der Waals surface area contributed by atoms with Crippen LogP contribution in [0.5, 0.6) is 5.75 Å². The van der Waals surface area contributed by atoms with Crippen LogP contribution in [-0.4, -0.2) is 7.11 Å². The Morgan fingerprint density at radius 2 is 1.32 bits per heavy atom. The first-order valence-electron chi connectivity index (χ1n) is 7.47. The molecule has 2 rings (SSSR count). The Morgan fingerprint density at radius 1 is 0.895 bits per heavy atom. The van der Waals surface area contributed by atoms with Crippen LogP contribution >= 0.6 is 0 Å². The highest BCUT2D eigenvalue weighted by molar-refractivity contribution is 5.49. The van der Waals surface area contributed by atoms with Gasteiger partial charge in [0.1, 0.15) is 5.75 Å². The van der Waals surface area contributed by atoms with E-state index >= 15 is 0 Å². The van der Waals surface area contributed by atoms with E-state index in [1.165, 1.54) is 29.5 Å². The molecule has 108 valence electrons. The number of benzene rings is 1. The van der Waals surface area contributed by atoms with Crippen LogP contribution in [0, 0.1) is 6.92 Å². The number of hydrogen-bond donors (Lipinski definition) is 0. The molecule has 0 spiro atoms. The average molecular weight is 262 g/mol. The molecule has 19 heavy (non-hydrogen) atoms. The molecule has 0 saturated heterocycles. The summed E-state index contributed by atoms with van der Waals surface area (Å²) in [7, 11) is 1.76. The summed E-state index contributed by atoms with van der Waals surface area (Å²) in [4.78, 5) is 0. The summed E-state index contributed by atoms with van der Waals surface area (Å²) in [6.07, 6.45) is 2.51. The molecule has 0 atom stereocenters. The van der Waals surface area contributed by atoms with Gasteiger partial charge in [0.05, 0.1) is 7.11 Å². The summed E-state index contributed by atoms with van der Waals surface area (Å²) in [5.41, 5.74) is 4.79. The molecule has 0 radical (unpaired) electrons. The molecule has 0 saturated carbocycles. The molecule has 0 amide bonds. The second-order valence-electron chi connectivity index (χ2n) is 6.64. The fraction of sp³-hybridized carbons (Fsp3) is 0.667. The Morgan fingerprint density at radius 3 is 1.74 bits per heavy atom. The second-order valence-corrected chi connectivity index (χ2v) is 6.64. The SMILES string of the molecule is CC.COc1cc2c(cc1C)C(C)(C)CCC2(C)C. The molecule has 1 aromatic carbocycles. The van der Waals surface area contributed by atoms with Crippen molar-refractivity contribution in [2.24, 2.45) is 0 Å². The summed E-state index contributed by atoms with van der Waals surface area (Å²) in [5, 5.41) is 0. The van der Waals surface area contributed by atoms with Gasteiger partial charge in [-0.05, 0) is 53.4 Å². The Balaban J connectivity index is 0.000000861. The zero-order valence-corrected chi connectivity index (χ0v) is 14.0. The predicted octanol–water partition coefficient (Wildman–Crippen LogP) is 5.38. The van der Waals surface area contributed by atoms with E-state index in [1.54, 1.807) is 7.11 Å². The van der Waals surface area contributed by atoms with Crippen LogP contribution in [0.25, 0.3) is 0 Å². The van der Waals surface area contributed by atoms with Gasteiger partial charge in [-0.2, -0.15) is 0 Å². The normalized spacial score (nSPS) is 18.9. The third-order valence-electron chi connectivity index (χ3n) is 4.37. The van der Waals surface area contributed by atoms with Gasteiger partial charge in [-0.1, -0.05) is 47.6 Å². The van der Waals surface area contributed by atoms with Crippen LogP contribution < -0.4 is 4.74 Å². The fourth-order valence-corrected chi connectivity index (χ4v) is 2.92. The van der Waals surface area contributed by atoms with Crippen molar-refractivity contribution in [3.8, 4) is 5.75 Å². The average Bonchev–Trinajstić information content (AvgIpc) is 2.37. The maximum absolute atomic E-state index is 5.47. The molecule has 1 aliphatic rings. The van der Waals surface area contributed by atoms with Gasteiger partial charge < -0.3 is 4.74 Å². The number of fused-ring (bicyclic) bond motifs is 1. The van der Waals surface area contributed by atoms with E-state index in [0.717, 1.165) is 5.75 Å². The number of hydrogen-bond acceptors (Lipinski definition) is 1. The van der Waals surface area contributed by atoms with Crippen LogP contribution in [0.15, 0.2) is 12.1 Å². The van der Waals surface area contributed by atoms with E-state index in [2.05, 4.69) is 46.8 Å². The van der Waals surface area contributed by atoms with E-state index in [9.17, 15) is 0 Å². The smallest absolute Gasteiger partial charge is 0.122 e. The molecule has 0 aliphatic heterocycles. The lowest BCUT2D eigenvalue weighted by Crippen LogP contribution is -2.33. The van der Waals surface area contributed by atoms with Crippen molar-refractivity contribution in [3.05, 3.63) is 28.8 Å². The molecule has 1 aliphatic carbocycles. The van der Waals surface area contributed by atoms with E-state index < -0.39 is 0 Å². The third kappa shape index (κ3) is 2.96. The minimum atomic E-state index is 0.270. The third-order valence-corrected chi connectivity index (χ3v) is 4.37. The van der Waals surface area contributed by atoms with Crippen molar-refractivity contribution in [1.29, 1.82) is 0 Å². The monoisotopic (exact) mass is 262 g/mol. The zero-order chi connectivity index (χ0) is 14.8. The molecule has 1 nitrogen and oxygen atoms in total. The molecule has 0 unspecified atom stereocenters. The van der Waals surface area contributed by atoms with Crippen molar-refractivity contribution in [1.82, 2.24) is 0 Å². The lowest BCUT2D eigenvalue weighted by Gasteiger charge is -2.42. The maximum Gasteiger partial charge on any atom is 0.122 e. The summed E-state index contributed by atoms with van der Waals surface area (Å²) in [5.74, 6) is 1.02. The van der Waals surface area contributed by atoms with Gasteiger partial charge in [-0.25, -0.2) is 0 Å². The van der Waals surface area contributed by atoms with Crippen LogP contribution in [0.2, 0.25) is 0 Å². The molecule has 0 aromatic heterocycles. The van der Waals surface area contributed by atoms with Gasteiger partial charge in [-0.3, -0.25) is 0 Å². The molecular weight excluding hydrogens is 232 g/mol. The van der Waals surface area contributed by atoms with E-state index in [1.807, 2.05) is 13.8 Å². The van der Waals surface area contributed by atoms with Gasteiger partial charge in [0.15, 0.2) is 0 Å². The summed E-state index contributed by atoms with van der Waals surface area (Å²) in [6, 6.07) is 4.58. The van der Waals surface area contributed by atoms with Crippen molar-refractivity contribution >= 4 is 0 Å².